The lowest BCUT2D eigenvalue weighted by atomic mass is 10.1. The molecule has 5 nitrogen and oxygen atoms in total. The van der Waals surface area contributed by atoms with Crippen LogP contribution in [0.25, 0.3) is 0 Å². The van der Waals surface area contributed by atoms with Crippen molar-refractivity contribution >= 4 is 5.91 Å². The molecule has 0 radical (unpaired) electrons. The number of hydrogen-bond acceptors (Lipinski definition) is 4. The van der Waals surface area contributed by atoms with Crippen LogP contribution in [0.1, 0.15) is 22.3 Å². The van der Waals surface area contributed by atoms with Gasteiger partial charge in [-0.15, -0.1) is 0 Å². The Morgan fingerprint density at radius 3 is 2.89 bits per heavy atom. The van der Waals surface area contributed by atoms with E-state index in [9.17, 15) is 9.90 Å². The average molecular weight is 253 g/mol. The number of para-hydroxylation sites is 1. The minimum absolute atomic E-state index is 0.00350. The quantitative estimate of drug-likeness (QED) is 0.629. The predicted octanol–water partition coefficient (Wildman–Crippen LogP) is 0.829. The van der Waals surface area contributed by atoms with Crippen molar-refractivity contribution in [3.63, 3.8) is 0 Å². The zero-order valence-corrected chi connectivity index (χ0v) is 10.5. The van der Waals surface area contributed by atoms with Gasteiger partial charge < -0.3 is 20.3 Å². The summed E-state index contributed by atoms with van der Waals surface area (Å²) in [5.74, 6) is -0.273. The van der Waals surface area contributed by atoms with E-state index in [1.807, 2.05) is 0 Å². The van der Waals surface area contributed by atoms with Crippen LogP contribution in [0.5, 0.6) is 5.75 Å². The fourth-order valence-corrected chi connectivity index (χ4v) is 1.48. The first-order chi connectivity index (χ1) is 8.66. The third-order valence-electron chi connectivity index (χ3n) is 2.47. The van der Waals surface area contributed by atoms with E-state index < -0.39 is 0 Å². The van der Waals surface area contributed by atoms with Crippen LogP contribution >= 0.6 is 0 Å². The normalized spacial score (nSPS) is 10.3. The highest BCUT2D eigenvalue weighted by Crippen LogP contribution is 2.20. The minimum Gasteiger partial charge on any atom is -0.507 e. The van der Waals surface area contributed by atoms with Gasteiger partial charge in [0.2, 0.25) is 0 Å². The first-order valence-electron chi connectivity index (χ1n) is 5.92. The molecule has 0 fully saturated rings. The third-order valence-corrected chi connectivity index (χ3v) is 2.47. The Morgan fingerprint density at radius 2 is 2.17 bits per heavy atom. The molecule has 0 aliphatic heterocycles. The van der Waals surface area contributed by atoms with Crippen molar-refractivity contribution in [1.82, 2.24) is 5.32 Å². The monoisotopic (exact) mass is 253 g/mol. The molecule has 3 N–H and O–H groups in total. The summed E-state index contributed by atoms with van der Waals surface area (Å²) in [5.41, 5.74) is 0.959. The van der Waals surface area contributed by atoms with E-state index in [2.05, 4.69) is 5.32 Å². The Kier molecular flexibility index (Phi) is 6.18. The molecule has 1 aromatic carbocycles. The molecule has 1 amide bonds. The number of carbonyl (C=O) groups is 1. The maximum Gasteiger partial charge on any atom is 0.255 e. The van der Waals surface area contributed by atoms with E-state index in [0.29, 0.717) is 31.7 Å². The summed E-state index contributed by atoms with van der Waals surface area (Å²) in [7, 11) is 0. The van der Waals surface area contributed by atoms with Crippen LogP contribution in [-0.2, 0) is 4.74 Å². The van der Waals surface area contributed by atoms with Crippen molar-refractivity contribution in [2.75, 3.05) is 26.4 Å². The summed E-state index contributed by atoms with van der Waals surface area (Å²) in [5, 5.41) is 20.9. The molecule has 0 aliphatic rings. The van der Waals surface area contributed by atoms with Crippen LogP contribution in [-0.4, -0.2) is 42.5 Å². The molecule has 1 rings (SSSR count). The van der Waals surface area contributed by atoms with Crippen LogP contribution in [0.3, 0.4) is 0 Å². The molecular formula is C13H19NO4. The van der Waals surface area contributed by atoms with E-state index >= 15 is 0 Å². The number of carbonyl (C=O) groups excluding carboxylic acids is 1. The molecule has 1 aromatic rings. The number of ether oxygens (including phenoxy) is 1. The fourth-order valence-electron chi connectivity index (χ4n) is 1.48. The summed E-state index contributed by atoms with van der Waals surface area (Å²) >= 11 is 0. The lowest BCUT2D eigenvalue weighted by Crippen LogP contribution is -2.25. The molecule has 0 heterocycles. The molecule has 0 aromatic heterocycles. The topological polar surface area (TPSA) is 78.8 Å². The van der Waals surface area contributed by atoms with Crippen molar-refractivity contribution in [2.45, 2.75) is 13.3 Å². The molecule has 0 bridgehead atoms. The SMILES string of the molecule is Cc1cccc(C(=O)NCCCOCCO)c1O. The number of aryl methyl sites for hydroxylation is 1. The van der Waals surface area contributed by atoms with Crippen molar-refractivity contribution in [1.29, 1.82) is 0 Å². The van der Waals surface area contributed by atoms with Crippen LogP contribution in [0.15, 0.2) is 18.2 Å². The van der Waals surface area contributed by atoms with Gasteiger partial charge in [0.25, 0.3) is 5.91 Å². The summed E-state index contributed by atoms with van der Waals surface area (Å²) in [6.45, 7) is 3.02. The lowest BCUT2D eigenvalue weighted by molar-refractivity contribution is 0.0866. The lowest BCUT2D eigenvalue weighted by Gasteiger charge is -2.08. The molecule has 0 unspecified atom stereocenters. The van der Waals surface area contributed by atoms with Crippen LogP contribution in [0, 0.1) is 6.92 Å². The molecule has 100 valence electrons. The van der Waals surface area contributed by atoms with Gasteiger partial charge in [-0.05, 0) is 25.0 Å². The number of phenols is 1. The molecule has 5 heteroatoms. The van der Waals surface area contributed by atoms with Gasteiger partial charge in [0.1, 0.15) is 5.75 Å². The molecule has 0 saturated carbocycles. The largest absolute Gasteiger partial charge is 0.507 e. The number of nitrogens with one attached hydrogen (secondary N) is 1. The predicted molar refractivity (Wildman–Crippen MR) is 67.7 cm³/mol. The maximum absolute atomic E-state index is 11.8. The zero-order valence-electron chi connectivity index (χ0n) is 10.5. The number of aliphatic hydroxyl groups excluding tert-OH is 1. The van der Waals surface area contributed by atoms with Gasteiger partial charge in [-0.1, -0.05) is 12.1 Å². The van der Waals surface area contributed by atoms with E-state index in [1.165, 1.54) is 0 Å². The standard InChI is InChI=1S/C13H19NO4/c1-10-4-2-5-11(12(10)16)13(17)14-6-3-8-18-9-7-15/h2,4-5,15-16H,3,6-9H2,1H3,(H,14,17). The molecule has 0 aliphatic carbocycles. The second-order valence-electron chi connectivity index (χ2n) is 3.92. The molecule has 0 spiro atoms. The van der Waals surface area contributed by atoms with Crippen molar-refractivity contribution in [3.05, 3.63) is 29.3 Å². The van der Waals surface area contributed by atoms with E-state index in [1.54, 1.807) is 25.1 Å². The Bertz CT molecular complexity index is 393. The Balaban J connectivity index is 2.35. The summed E-state index contributed by atoms with van der Waals surface area (Å²) in [4.78, 5) is 11.8. The second-order valence-corrected chi connectivity index (χ2v) is 3.92. The summed E-state index contributed by atoms with van der Waals surface area (Å²) in [6, 6.07) is 5.06. The Morgan fingerprint density at radius 1 is 1.39 bits per heavy atom. The number of benzene rings is 1. The highest BCUT2D eigenvalue weighted by Gasteiger charge is 2.11. The van der Waals surface area contributed by atoms with Gasteiger partial charge in [0.05, 0.1) is 18.8 Å². The number of aliphatic hydroxyl groups is 1. The minimum atomic E-state index is -0.293. The van der Waals surface area contributed by atoms with Crippen molar-refractivity contribution in [3.8, 4) is 5.75 Å². The summed E-state index contributed by atoms with van der Waals surface area (Å²) in [6.07, 6.45) is 0.665. The van der Waals surface area contributed by atoms with Gasteiger partial charge in [-0.2, -0.15) is 0 Å². The van der Waals surface area contributed by atoms with E-state index in [0.717, 1.165) is 0 Å². The number of aromatic hydroxyl groups is 1. The molecule has 18 heavy (non-hydrogen) atoms. The first-order valence-corrected chi connectivity index (χ1v) is 5.92. The van der Waals surface area contributed by atoms with Gasteiger partial charge in [-0.3, -0.25) is 4.79 Å². The first kappa shape index (κ1) is 14.5. The zero-order chi connectivity index (χ0) is 13.4. The van der Waals surface area contributed by atoms with Gasteiger partial charge in [0.15, 0.2) is 0 Å². The smallest absolute Gasteiger partial charge is 0.255 e. The molecule has 0 atom stereocenters. The van der Waals surface area contributed by atoms with Crippen LogP contribution in [0.4, 0.5) is 0 Å². The second kappa shape index (κ2) is 7.68. The van der Waals surface area contributed by atoms with E-state index in [-0.39, 0.29) is 23.8 Å². The number of rotatable bonds is 7. The number of amides is 1. The Hall–Kier alpha value is -1.59. The van der Waals surface area contributed by atoms with Crippen molar-refractivity contribution < 1.29 is 19.7 Å². The van der Waals surface area contributed by atoms with Gasteiger partial charge >= 0.3 is 0 Å². The van der Waals surface area contributed by atoms with Crippen molar-refractivity contribution in [2.24, 2.45) is 0 Å². The molecular weight excluding hydrogens is 234 g/mol. The summed E-state index contributed by atoms with van der Waals surface area (Å²) < 4.78 is 5.06. The highest BCUT2D eigenvalue weighted by atomic mass is 16.5. The average Bonchev–Trinajstić information content (AvgIpc) is 2.36. The van der Waals surface area contributed by atoms with Gasteiger partial charge in [-0.25, -0.2) is 0 Å². The highest BCUT2D eigenvalue weighted by molar-refractivity contribution is 5.97. The van der Waals surface area contributed by atoms with Gasteiger partial charge in [0, 0.05) is 13.2 Å². The number of phenolic OH excluding ortho intramolecular Hbond substituents is 1. The Labute approximate surface area is 106 Å². The van der Waals surface area contributed by atoms with E-state index in [4.69, 9.17) is 9.84 Å². The maximum atomic E-state index is 11.8. The fraction of sp³-hybridized carbons (Fsp3) is 0.462. The van der Waals surface area contributed by atoms with Crippen LogP contribution in [0.2, 0.25) is 0 Å². The molecule has 0 saturated heterocycles. The third kappa shape index (κ3) is 4.35. The van der Waals surface area contributed by atoms with Crippen LogP contribution < -0.4 is 5.32 Å². The number of hydrogen-bond donors (Lipinski definition) is 3.